The number of rotatable bonds is 8. The molecule has 0 fully saturated rings. The number of halogens is 1. The summed E-state index contributed by atoms with van der Waals surface area (Å²) in [5, 5.41) is 3.39. The Morgan fingerprint density at radius 1 is 1.32 bits per heavy atom. The van der Waals surface area contributed by atoms with Crippen LogP contribution in [0.4, 0.5) is 0 Å². The second-order valence-corrected chi connectivity index (χ2v) is 4.01. The van der Waals surface area contributed by atoms with Gasteiger partial charge in [-0.2, -0.15) is 0 Å². The number of unbranched alkanes of at least 4 members (excludes halogenated alkanes) is 1. The van der Waals surface area contributed by atoms with Crippen LogP contribution in [0.2, 0.25) is 0 Å². The van der Waals surface area contributed by atoms with Gasteiger partial charge in [0.05, 0.1) is 7.11 Å². The zero-order chi connectivity index (χ0) is 13.2. The van der Waals surface area contributed by atoms with Gasteiger partial charge in [-0.15, -0.1) is 18.8 Å². The van der Waals surface area contributed by atoms with Crippen molar-refractivity contribution in [2.45, 2.75) is 26.3 Å². The van der Waals surface area contributed by atoms with Gasteiger partial charge in [0, 0.05) is 6.54 Å². The average Bonchev–Trinajstić information content (AvgIpc) is 2.41. The van der Waals surface area contributed by atoms with Crippen LogP contribution in [0.25, 0.3) is 0 Å². The summed E-state index contributed by atoms with van der Waals surface area (Å²) in [6.45, 7) is 4.31. The van der Waals surface area contributed by atoms with Gasteiger partial charge in [-0.25, -0.2) is 0 Å². The lowest BCUT2D eigenvalue weighted by Crippen LogP contribution is -2.14. The maximum Gasteiger partial charge on any atom is 0.162 e. The zero-order valence-corrected chi connectivity index (χ0v) is 12.4. The summed E-state index contributed by atoms with van der Waals surface area (Å²) in [6.07, 6.45) is 7.56. The van der Waals surface area contributed by atoms with E-state index in [1.807, 2.05) is 18.2 Å². The Labute approximate surface area is 122 Å². The fourth-order valence-electron chi connectivity index (χ4n) is 1.60. The predicted octanol–water partition coefficient (Wildman–Crippen LogP) is 3.02. The van der Waals surface area contributed by atoms with Crippen molar-refractivity contribution in [3.05, 3.63) is 23.8 Å². The van der Waals surface area contributed by atoms with Crippen molar-refractivity contribution in [1.82, 2.24) is 5.32 Å². The highest BCUT2D eigenvalue weighted by atomic mass is 35.5. The monoisotopic (exact) mass is 283 g/mol. The van der Waals surface area contributed by atoms with E-state index < -0.39 is 0 Å². The summed E-state index contributed by atoms with van der Waals surface area (Å²) < 4.78 is 10.7. The molecule has 4 heteroatoms. The van der Waals surface area contributed by atoms with Crippen LogP contribution in [-0.2, 0) is 6.54 Å². The van der Waals surface area contributed by atoms with E-state index in [1.54, 1.807) is 7.11 Å². The van der Waals surface area contributed by atoms with Crippen LogP contribution in [0.1, 0.15) is 25.3 Å². The zero-order valence-electron chi connectivity index (χ0n) is 11.6. The van der Waals surface area contributed by atoms with Gasteiger partial charge in [0.2, 0.25) is 0 Å². The molecule has 1 aromatic carbocycles. The molecule has 106 valence electrons. The lowest BCUT2D eigenvalue weighted by Gasteiger charge is -2.11. The Bertz CT molecular complexity index is 402. The maximum atomic E-state index is 5.39. The van der Waals surface area contributed by atoms with Gasteiger partial charge < -0.3 is 14.8 Å². The molecule has 0 radical (unpaired) electrons. The van der Waals surface area contributed by atoms with Gasteiger partial charge >= 0.3 is 0 Å². The number of methoxy groups -OCH3 is 1. The van der Waals surface area contributed by atoms with Crippen LogP contribution in [0, 0.1) is 12.3 Å². The first kappa shape index (κ1) is 17.6. The molecule has 0 aliphatic heterocycles. The Kier molecular flexibility index (Phi) is 9.78. The third kappa shape index (κ3) is 6.37. The first-order chi connectivity index (χ1) is 8.81. The summed E-state index contributed by atoms with van der Waals surface area (Å²) in [5.41, 5.74) is 1.18. The highest BCUT2D eigenvalue weighted by molar-refractivity contribution is 5.85. The van der Waals surface area contributed by atoms with Gasteiger partial charge in [0.15, 0.2) is 11.5 Å². The van der Waals surface area contributed by atoms with Gasteiger partial charge in [-0.3, -0.25) is 0 Å². The van der Waals surface area contributed by atoms with Crippen LogP contribution < -0.4 is 14.8 Å². The van der Waals surface area contributed by atoms with E-state index in [1.165, 1.54) is 18.4 Å². The fraction of sp³-hybridized carbons (Fsp3) is 0.467. The summed E-state index contributed by atoms with van der Waals surface area (Å²) in [6, 6.07) is 5.89. The van der Waals surface area contributed by atoms with E-state index in [9.17, 15) is 0 Å². The highest BCUT2D eigenvalue weighted by Gasteiger charge is 2.05. The quantitative estimate of drug-likeness (QED) is 0.588. The molecule has 0 heterocycles. The number of ether oxygens (including phenoxy) is 2. The molecule has 0 bridgehead atoms. The lowest BCUT2D eigenvalue weighted by molar-refractivity contribution is 0.330. The second kappa shape index (κ2) is 10.5. The van der Waals surface area contributed by atoms with E-state index in [-0.39, 0.29) is 19.0 Å². The molecule has 0 aliphatic carbocycles. The van der Waals surface area contributed by atoms with Crippen LogP contribution in [0.15, 0.2) is 18.2 Å². The smallest absolute Gasteiger partial charge is 0.162 e. The largest absolute Gasteiger partial charge is 0.493 e. The molecule has 0 spiro atoms. The molecule has 0 amide bonds. The van der Waals surface area contributed by atoms with Crippen molar-refractivity contribution < 1.29 is 9.47 Å². The molecule has 19 heavy (non-hydrogen) atoms. The third-order valence-electron chi connectivity index (χ3n) is 2.58. The van der Waals surface area contributed by atoms with Crippen LogP contribution in [0.3, 0.4) is 0 Å². The van der Waals surface area contributed by atoms with Gasteiger partial charge in [-0.1, -0.05) is 25.3 Å². The van der Waals surface area contributed by atoms with Crippen molar-refractivity contribution >= 4 is 12.4 Å². The van der Waals surface area contributed by atoms with Crippen molar-refractivity contribution in [3.63, 3.8) is 0 Å². The minimum absolute atomic E-state index is 0. The molecule has 0 saturated carbocycles. The third-order valence-corrected chi connectivity index (χ3v) is 2.58. The molecule has 0 aliphatic rings. The van der Waals surface area contributed by atoms with E-state index >= 15 is 0 Å². The summed E-state index contributed by atoms with van der Waals surface area (Å²) >= 11 is 0. The van der Waals surface area contributed by atoms with Crippen LogP contribution in [0.5, 0.6) is 11.5 Å². The number of terminal acetylenes is 1. The Balaban J connectivity index is 0.00000324. The van der Waals surface area contributed by atoms with Crippen LogP contribution in [-0.4, -0.2) is 20.3 Å². The standard InChI is InChI=1S/C15H21NO2.ClH/c1-4-6-9-16-12-13-7-8-14(18-10-5-2)15(11-13)17-3;/h2,7-8,11,16H,4,6,9-10,12H2,1,3H3;1H. The molecular weight excluding hydrogens is 262 g/mol. The van der Waals surface area contributed by atoms with Crippen molar-refractivity contribution in [2.24, 2.45) is 0 Å². The van der Waals surface area contributed by atoms with E-state index in [4.69, 9.17) is 15.9 Å². The molecule has 1 aromatic rings. The molecule has 1 N–H and O–H groups in total. The predicted molar refractivity (Wildman–Crippen MR) is 81.2 cm³/mol. The van der Waals surface area contributed by atoms with Gasteiger partial charge in [0.25, 0.3) is 0 Å². The minimum Gasteiger partial charge on any atom is -0.493 e. The molecule has 0 unspecified atom stereocenters. The van der Waals surface area contributed by atoms with Crippen molar-refractivity contribution in [2.75, 3.05) is 20.3 Å². The van der Waals surface area contributed by atoms with Gasteiger partial charge in [0.1, 0.15) is 6.61 Å². The molecule has 3 nitrogen and oxygen atoms in total. The lowest BCUT2D eigenvalue weighted by atomic mass is 10.2. The molecule has 0 atom stereocenters. The Hall–Kier alpha value is -1.37. The number of benzene rings is 1. The van der Waals surface area contributed by atoms with Crippen molar-refractivity contribution in [1.29, 1.82) is 0 Å². The van der Waals surface area contributed by atoms with E-state index in [2.05, 4.69) is 18.2 Å². The number of hydrogen-bond acceptors (Lipinski definition) is 3. The highest BCUT2D eigenvalue weighted by Crippen LogP contribution is 2.27. The SMILES string of the molecule is C#CCOc1ccc(CNCCCC)cc1OC.Cl. The molecule has 0 saturated heterocycles. The van der Waals surface area contributed by atoms with Gasteiger partial charge in [-0.05, 0) is 30.7 Å². The molecule has 1 rings (SSSR count). The fourth-order valence-corrected chi connectivity index (χ4v) is 1.60. The number of nitrogens with one attached hydrogen (secondary N) is 1. The normalized spacial score (nSPS) is 9.32. The summed E-state index contributed by atoms with van der Waals surface area (Å²) in [4.78, 5) is 0. The Morgan fingerprint density at radius 2 is 2.11 bits per heavy atom. The van der Waals surface area contributed by atoms with E-state index in [0.717, 1.165) is 18.8 Å². The average molecular weight is 284 g/mol. The Morgan fingerprint density at radius 3 is 2.74 bits per heavy atom. The summed E-state index contributed by atoms with van der Waals surface area (Å²) in [7, 11) is 1.63. The topological polar surface area (TPSA) is 30.5 Å². The first-order valence-electron chi connectivity index (χ1n) is 6.25. The molecule has 0 aromatic heterocycles. The minimum atomic E-state index is 0. The van der Waals surface area contributed by atoms with Crippen molar-refractivity contribution in [3.8, 4) is 23.8 Å². The first-order valence-corrected chi connectivity index (χ1v) is 6.25. The summed E-state index contributed by atoms with van der Waals surface area (Å²) in [5.74, 6) is 3.85. The number of hydrogen-bond donors (Lipinski definition) is 1. The van der Waals surface area contributed by atoms with Crippen LogP contribution >= 0.6 is 12.4 Å². The maximum absolute atomic E-state index is 5.39. The second-order valence-electron chi connectivity index (χ2n) is 4.01. The molecular formula is C15H22ClNO2. The van der Waals surface area contributed by atoms with E-state index in [0.29, 0.717) is 5.75 Å².